The number of fused-ring (bicyclic) bond motifs is 2. The zero-order valence-corrected chi connectivity index (χ0v) is 13.6. The lowest BCUT2D eigenvalue weighted by atomic mass is 10.2. The van der Waals surface area contributed by atoms with Crippen molar-refractivity contribution >= 4 is 28.7 Å². The molecule has 0 aliphatic heterocycles. The van der Waals surface area contributed by atoms with E-state index in [4.69, 9.17) is 0 Å². The van der Waals surface area contributed by atoms with Crippen LogP contribution in [0.3, 0.4) is 0 Å². The molecule has 0 amide bonds. The predicted octanol–water partition coefficient (Wildman–Crippen LogP) is 2.89. The third kappa shape index (κ3) is 2.69. The number of nitrogens with zero attached hydrogens (tertiary/aromatic N) is 4. The number of pyridine rings is 1. The van der Waals surface area contributed by atoms with Crippen LogP contribution in [0.2, 0.25) is 0 Å². The first kappa shape index (κ1) is 15.2. The number of nitrogens with one attached hydrogen (secondary N) is 1. The Kier molecular flexibility index (Phi) is 3.42. The maximum atomic E-state index is 13.3. The van der Waals surface area contributed by atoms with E-state index in [2.05, 4.69) is 20.1 Å². The minimum Gasteiger partial charge on any atom is -0.355 e. The topological polar surface area (TPSA) is 75.9 Å². The normalized spacial score (nSPS) is 11.8. The minimum absolute atomic E-state index is 0.244. The van der Waals surface area contributed by atoms with Gasteiger partial charge in [-0.05, 0) is 44.2 Å². The van der Waals surface area contributed by atoms with Gasteiger partial charge in [-0.25, -0.2) is 13.9 Å². The van der Waals surface area contributed by atoms with E-state index in [1.54, 1.807) is 28.9 Å². The van der Waals surface area contributed by atoms with E-state index in [0.717, 1.165) is 11.4 Å². The van der Waals surface area contributed by atoms with Gasteiger partial charge in [-0.15, -0.1) is 5.10 Å². The van der Waals surface area contributed by atoms with Gasteiger partial charge in [0.2, 0.25) is 0 Å². The molecular weight excluding hydrogens is 321 g/mol. The summed E-state index contributed by atoms with van der Waals surface area (Å²) < 4.78 is 15.0. The van der Waals surface area contributed by atoms with E-state index in [1.807, 2.05) is 13.8 Å². The molecule has 6 nitrogen and oxygen atoms in total. The molecule has 0 saturated carbocycles. The molecule has 0 atom stereocenters. The van der Waals surface area contributed by atoms with E-state index >= 15 is 0 Å². The van der Waals surface area contributed by atoms with Crippen LogP contribution in [0.1, 0.15) is 22.9 Å². The van der Waals surface area contributed by atoms with Gasteiger partial charge in [-0.3, -0.25) is 9.78 Å². The average Bonchev–Trinajstić information content (AvgIpc) is 3.03. The van der Waals surface area contributed by atoms with Crippen molar-refractivity contribution in [2.75, 3.05) is 0 Å². The van der Waals surface area contributed by atoms with Crippen molar-refractivity contribution in [1.29, 1.82) is 0 Å². The van der Waals surface area contributed by atoms with Crippen molar-refractivity contribution in [1.82, 2.24) is 24.6 Å². The minimum atomic E-state index is -0.436. The smallest absolute Gasteiger partial charge is 0.190 e. The Labute approximate surface area is 141 Å². The van der Waals surface area contributed by atoms with Gasteiger partial charge in [0, 0.05) is 28.9 Å². The quantitative estimate of drug-likeness (QED) is 0.611. The molecule has 1 N–H and O–H groups in total. The van der Waals surface area contributed by atoms with E-state index in [0.29, 0.717) is 28.1 Å². The predicted molar refractivity (Wildman–Crippen MR) is 93.7 cm³/mol. The molecular formula is C18H14FN5O. The van der Waals surface area contributed by atoms with Gasteiger partial charge in [-0.2, -0.15) is 0 Å². The zero-order valence-electron chi connectivity index (χ0n) is 13.6. The Bertz CT molecular complexity index is 1170. The highest BCUT2D eigenvalue weighted by molar-refractivity contribution is 5.80. The molecule has 0 saturated heterocycles. The maximum absolute atomic E-state index is 13.3. The highest BCUT2D eigenvalue weighted by Crippen LogP contribution is 2.13. The van der Waals surface area contributed by atoms with Gasteiger partial charge in [0.25, 0.3) is 0 Å². The van der Waals surface area contributed by atoms with Crippen LogP contribution in [0, 0.1) is 19.7 Å². The SMILES string of the molecule is Cc1ncc(C)n2nc(/C=C/c3cc(=O)c4cc(F)ccc4[nH]3)nc12. The lowest BCUT2D eigenvalue weighted by Crippen LogP contribution is -2.03. The van der Waals surface area contributed by atoms with Gasteiger partial charge < -0.3 is 4.98 Å². The van der Waals surface area contributed by atoms with Gasteiger partial charge in [-0.1, -0.05) is 0 Å². The summed E-state index contributed by atoms with van der Waals surface area (Å²) in [7, 11) is 0. The van der Waals surface area contributed by atoms with Gasteiger partial charge in [0.15, 0.2) is 16.9 Å². The fourth-order valence-corrected chi connectivity index (χ4v) is 2.68. The molecule has 0 radical (unpaired) electrons. The number of hydrogen-bond acceptors (Lipinski definition) is 4. The molecule has 1 aromatic carbocycles. The number of aromatic amines is 1. The first-order chi connectivity index (χ1) is 12.0. The Morgan fingerprint density at radius 3 is 2.84 bits per heavy atom. The largest absolute Gasteiger partial charge is 0.355 e. The Morgan fingerprint density at radius 2 is 2.04 bits per heavy atom. The first-order valence-electron chi connectivity index (χ1n) is 7.71. The molecule has 0 unspecified atom stereocenters. The number of aryl methyl sites for hydroxylation is 2. The van der Waals surface area contributed by atoms with Gasteiger partial charge in [0.05, 0.1) is 11.4 Å². The number of rotatable bonds is 2. The van der Waals surface area contributed by atoms with Crippen LogP contribution in [0.15, 0.2) is 35.3 Å². The summed E-state index contributed by atoms with van der Waals surface area (Å²) in [6.07, 6.45) is 5.17. The van der Waals surface area contributed by atoms with Crippen molar-refractivity contribution < 1.29 is 4.39 Å². The van der Waals surface area contributed by atoms with Crippen LogP contribution in [-0.2, 0) is 0 Å². The van der Waals surface area contributed by atoms with Crippen LogP contribution in [0.4, 0.5) is 4.39 Å². The lowest BCUT2D eigenvalue weighted by molar-refractivity contribution is 0.629. The number of benzene rings is 1. The number of hydrogen-bond donors (Lipinski definition) is 1. The molecule has 124 valence electrons. The van der Waals surface area contributed by atoms with Crippen molar-refractivity contribution in [2.24, 2.45) is 0 Å². The maximum Gasteiger partial charge on any atom is 0.190 e. The Morgan fingerprint density at radius 1 is 1.20 bits per heavy atom. The molecule has 0 aliphatic carbocycles. The summed E-state index contributed by atoms with van der Waals surface area (Å²) in [5, 5.41) is 4.74. The van der Waals surface area contributed by atoms with Crippen molar-refractivity contribution in [3.05, 3.63) is 69.4 Å². The Balaban J connectivity index is 1.76. The second-order valence-electron chi connectivity index (χ2n) is 5.80. The second-order valence-corrected chi connectivity index (χ2v) is 5.80. The lowest BCUT2D eigenvalue weighted by Gasteiger charge is -2.00. The molecule has 25 heavy (non-hydrogen) atoms. The third-order valence-electron chi connectivity index (χ3n) is 3.95. The highest BCUT2D eigenvalue weighted by Gasteiger charge is 2.07. The standard InChI is InChI=1S/C18H14FN5O/c1-10-9-20-11(2)18-22-17(23-24(10)18)6-4-13-8-16(25)14-7-12(19)3-5-15(14)21-13/h3-9H,1-2H3,(H,21,25)/b6-4+. The van der Waals surface area contributed by atoms with E-state index < -0.39 is 5.82 Å². The van der Waals surface area contributed by atoms with E-state index in [9.17, 15) is 9.18 Å². The number of halogens is 1. The molecule has 0 spiro atoms. The van der Waals surface area contributed by atoms with Crippen LogP contribution >= 0.6 is 0 Å². The van der Waals surface area contributed by atoms with Crippen LogP contribution in [0.5, 0.6) is 0 Å². The Hall–Kier alpha value is -3.35. The fourth-order valence-electron chi connectivity index (χ4n) is 2.68. The summed E-state index contributed by atoms with van der Waals surface area (Å²) in [4.78, 5) is 23.9. The highest BCUT2D eigenvalue weighted by atomic mass is 19.1. The summed E-state index contributed by atoms with van der Waals surface area (Å²) in [5.74, 6) is 0.0776. The summed E-state index contributed by atoms with van der Waals surface area (Å²) in [6.45, 7) is 3.78. The molecule has 4 aromatic rings. The molecule has 0 aliphatic rings. The number of H-pyrrole nitrogens is 1. The summed E-state index contributed by atoms with van der Waals surface area (Å²) in [6, 6.07) is 5.51. The van der Waals surface area contributed by atoms with Crippen LogP contribution < -0.4 is 5.43 Å². The molecule has 3 heterocycles. The number of aromatic nitrogens is 5. The van der Waals surface area contributed by atoms with Crippen LogP contribution in [0.25, 0.3) is 28.7 Å². The van der Waals surface area contributed by atoms with Gasteiger partial charge >= 0.3 is 0 Å². The van der Waals surface area contributed by atoms with Crippen molar-refractivity contribution in [2.45, 2.75) is 13.8 Å². The van der Waals surface area contributed by atoms with Gasteiger partial charge in [0.1, 0.15) is 5.82 Å². The average molecular weight is 335 g/mol. The third-order valence-corrected chi connectivity index (χ3v) is 3.95. The van der Waals surface area contributed by atoms with Crippen LogP contribution in [-0.4, -0.2) is 24.6 Å². The molecule has 3 aromatic heterocycles. The first-order valence-corrected chi connectivity index (χ1v) is 7.71. The monoisotopic (exact) mass is 335 g/mol. The summed E-state index contributed by atoms with van der Waals surface area (Å²) in [5.41, 5.74) is 3.29. The second kappa shape index (κ2) is 5.62. The molecule has 4 rings (SSSR count). The zero-order chi connectivity index (χ0) is 17.6. The molecule has 7 heteroatoms. The van der Waals surface area contributed by atoms with Crippen molar-refractivity contribution in [3.8, 4) is 0 Å². The fraction of sp³-hybridized carbons (Fsp3) is 0.111. The molecule has 0 fully saturated rings. The molecule has 0 bridgehead atoms. The van der Waals surface area contributed by atoms with E-state index in [-0.39, 0.29) is 5.43 Å². The summed E-state index contributed by atoms with van der Waals surface area (Å²) >= 11 is 0. The van der Waals surface area contributed by atoms with E-state index in [1.165, 1.54) is 18.2 Å². The van der Waals surface area contributed by atoms with Crippen molar-refractivity contribution in [3.63, 3.8) is 0 Å².